The standard InChI is InChI=1S/C21H21N7O2/c1-13-10-23-19(11-22-13)21(29)27-6-3-7-28-14(12-27)8-18(26-28)20-24-16-5-4-15(30-2)9-17(16)25-20/h4-5,8-11H,3,6-7,12H2,1-2H3,(H,24,25). The third kappa shape index (κ3) is 3.28. The van der Waals surface area contributed by atoms with Crippen molar-refractivity contribution in [1.82, 2.24) is 34.6 Å². The fraction of sp³-hybridized carbons (Fsp3) is 0.286. The fourth-order valence-corrected chi connectivity index (χ4v) is 3.65. The number of benzene rings is 1. The van der Waals surface area contributed by atoms with E-state index in [0.717, 1.165) is 46.8 Å². The van der Waals surface area contributed by atoms with Crippen molar-refractivity contribution in [2.75, 3.05) is 13.7 Å². The average molecular weight is 403 g/mol. The van der Waals surface area contributed by atoms with E-state index in [1.54, 1.807) is 18.2 Å². The summed E-state index contributed by atoms with van der Waals surface area (Å²) in [7, 11) is 1.64. The molecule has 0 spiro atoms. The lowest BCUT2D eigenvalue weighted by molar-refractivity contribution is 0.0739. The van der Waals surface area contributed by atoms with Crippen molar-refractivity contribution < 1.29 is 9.53 Å². The number of carbonyl (C=O) groups excluding carboxylic acids is 1. The number of methoxy groups -OCH3 is 1. The largest absolute Gasteiger partial charge is 0.497 e. The highest BCUT2D eigenvalue weighted by atomic mass is 16.5. The molecule has 0 atom stereocenters. The zero-order valence-corrected chi connectivity index (χ0v) is 16.8. The van der Waals surface area contributed by atoms with E-state index in [1.165, 1.54) is 6.20 Å². The zero-order valence-electron chi connectivity index (χ0n) is 16.8. The van der Waals surface area contributed by atoms with E-state index >= 15 is 0 Å². The van der Waals surface area contributed by atoms with Crippen LogP contribution in [0.25, 0.3) is 22.6 Å². The summed E-state index contributed by atoms with van der Waals surface area (Å²) < 4.78 is 7.24. The summed E-state index contributed by atoms with van der Waals surface area (Å²) in [6.07, 6.45) is 3.97. The van der Waals surface area contributed by atoms with Crippen molar-refractivity contribution in [2.45, 2.75) is 26.4 Å². The Balaban J connectivity index is 1.43. The number of H-pyrrole nitrogens is 1. The van der Waals surface area contributed by atoms with Crippen LogP contribution in [0.3, 0.4) is 0 Å². The molecule has 5 rings (SSSR count). The summed E-state index contributed by atoms with van der Waals surface area (Å²) in [5.74, 6) is 1.35. The Morgan fingerprint density at radius 1 is 1.17 bits per heavy atom. The number of nitrogens with zero attached hydrogens (tertiary/aromatic N) is 6. The molecule has 1 aliphatic heterocycles. The van der Waals surface area contributed by atoms with Crippen LogP contribution in [0, 0.1) is 6.92 Å². The third-order valence-electron chi connectivity index (χ3n) is 5.23. The zero-order chi connectivity index (χ0) is 20.7. The maximum atomic E-state index is 12.9. The van der Waals surface area contributed by atoms with Crippen molar-refractivity contribution >= 4 is 16.9 Å². The lowest BCUT2D eigenvalue weighted by Gasteiger charge is -2.19. The molecule has 0 aliphatic carbocycles. The number of rotatable bonds is 3. The SMILES string of the molecule is COc1ccc2nc(-c3cc4n(n3)CCCN(C(=O)c3cnc(C)cn3)C4)[nH]c2c1. The van der Waals surface area contributed by atoms with Gasteiger partial charge in [0.25, 0.3) is 5.91 Å². The van der Waals surface area contributed by atoms with E-state index in [4.69, 9.17) is 9.84 Å². The molecular formula is C21H21N7O2. The lowest BCUT2D eigenvalue weighted by Crippen LogP contribution is -2.31. The predicted molar refractivity (Wildman–Crippen MR) is 110 cm³/mol. The fourth-order valence-electron chi connectivity index (χ4n) is 3.65. The molecule has 1 amide bonds. The number of carbonyl (C=O) groups is 1. The summed E-state index contributed by atoms with van der Waals surface area (Å²) in [4.78, 5) is 31.1. The van der Waals surface area contributed by atoms with Crippen molar-refractivity contribution in [3.05, 3.63) is 53.7 Å². The van der Waals surface area contributed by atoms with Gasteiger partial charge in [-0.1, -0.05) is 0 Å². The van der Waals surface area contributed by atoms with E-state index in [2.05, 4.69) is 19.9 Å². The Bertz CT molecular complexity index is 1230. The maximum Gasteiger partial charge on any atom is 0.274 e. The number of nitrogens with one attached hydrogen (secondary N) is 1. The Morgan fingerprint density at radius 2 is 2.07 bits per heavy atom. The summed E-state index contributed by atoms with van der Waals surface area (Å²) in [5, 5.41) is 4.72. The normalized spacial score (nSPS) is 13.9. The van der Waals surface area contributed by atoms with Gasteiger partial charge in [0.1, 0.15) is 17.1 Å². The van der Waals surface area contributed by atoms with Crippen LogP contribution in [0.15, 0.2) is 36.7 Å². The molecule has 0 bridgehead atoms. The number of aryl methyl sites for hydroxylation is 2. The Hall–Kier alpha value is -3.75. The van der Waals surface area contributed by atoms with Crippen LogP contribution in [0.5, 0.6) is 5.75 Å². The molecule has 3 aromatic heterocycles. The first-order valence-corrected chi connectivity index (χ1v) is 9.79. The number of aromatic amines is 1. The number of hydrogen-bond acceptors (Lipinski definition) is 6. The van der Waals surface area contributed by atoms with Crippen LogP contribution in [0.1, 0.15) is 28.3 Å². The summed E-state index contributed by atoms with van der Waals surface area (Å²) in [6, 6.07) is 7.70. The summed E-state index contributed by atoms with van der Waals surface area (Å²) in [5.41, 5.74) is 4.61. The van der Waals surface area contributed by atoms with Gasteiger partial charge < -0.3 is 14.6 Å². The van der Waals surface area contributed by atoms with Crippen LogP contribution in [0.4, 0.5) is 0 Å². The molecule has 0 unspecified atom stereocenters. The monoisotopic (exact) mass is 403 g/mol. The van der Waals surface area contributed by atoms with Gasteiger partial charge in [0.05, 0.1) is 42.3 Å². The molecule has 1 aliphatic rings. The van der Waals surface area contributed by atoms with Gasteiger partial charge in [0.2, 0.25) is 0 Å². The molecule has 1 aromatic carbocycles. The van der Waals surface area contributed by atoms with E-state index < -0.39 is 0 Å². The highest BCUT2D eigenvalue weighted by Crippen LogP contribution is 2.25. The molecule has 0 fully saturated rings. The predicted octanol–water partition coefficient (Wildman–Crippen LogP) is 2.58. The Labute approximate surface area is 172 Å². The Morgan fingerprint density at radius 3 is 2.87 bits per heavy atom. The minimum absolute atomic E-state index is 0.116. The molecule has 0 radical (unpaired) electrons. The quantitative estimate of drug-likeness (QED) is 0.564. The lowest BCUT2D eigenvalue weighted by atomic mass is 10.3. The number of fused-ring (bicyclic) bond motifs is 2. The summed E-state index contributed by atoms with van der Waals surface area (Å²) in [6.45, 7) is 3.71. The van der Waals surface area contributed by atoms with Gasteiger partial charge in [-0.2, -0.15) is 5.10 Å². The molecule has 30 heavy (non-hydrogen) atoms. The molecule has 0 saturated heterocycles. The van der Waals surface area contributed by atoms with E-state index in [-0.39, 0.29) is 5.91 Å². The van der Waals surface area contributed by atoms with Crippen molar-refractivity contribution in [3.8, 4) is 17.3 Å². The second-order valence-electron chi connectivity index (χ2n) is 7.34. The summed E-state index contributed by atoms with van der Waals surface area (Å²) >= 11 is 0. The first-order valence-electron chi connectivity index (χ1n) is 9.79. The number of aromatic nitrogens is 6. The van der Waals surface area contributed by atoms with Crippen LogP contribution in [0.2, 0.25) is 0 Å². The minimum Gasteiger partial charge on any atom is -0.497 e. The molecular weight excluding hydrogens is 382 g/mol. The second-order valence-corrected chi connectivity index (χ2v) is 7.34. The van der Waals surface area contributed by atoms with Gasteiger partial charge in [0.15, 0.2) is 5.82 Å². The van der Waals surface area contributed by atoms with Crippen molar-refractivity contribution in [3.63, 3.8) is 0 Å². The molecule has 9 heteroatoms. The minimum atomic E-state index is -0.116. The van der Waals surface area contributed by atoms with Gasteiger partial charge in [-0.3, -0.25) is 14.5 Å². The van der Waals surface area contributed by atoms with Crippen LogP contribution in [-0.2, 0) is 13.1 Å². The van der Waals surface area contributed by atoms with Gasteiger partial charge >= 0.3 is 0 Å². The average Bonchev–Trinajstić information content (AvgIpc) is 3.31. The number of ether oxygens (including phenoxy) is 1. The van der Waals surface area contributed by atoms with E-state index in [1.807, 2.05) is 35.9 Å². The van der Waals surface area contributed by atoms with E-state index in [9.17, 15) is 4.79 Å². The Kier molecular flexibility index (Phi) is 4.42. The molecule has 9 nitrogen and oxygen atoms in total. The maximum absolute atomic E-state index is 12.9. The molecule has 0 saturated carbocycles. The highest BCUT2D eigenvalue weighted by molar-refractivity contribution is 5.92. The number of imidazole rings is 1. The first kappa shape index (κ1) is 18.3. The van der Waals surface area contributed by atoms with Crippen LogP contribution in [-0.4, -0.2) is 54.2 Å². The molecule has 4 heterocycles. The number of hydrogen-bond donors (Lipinski definition) is 1. The smallest absolute Gasteiger partial charge is 0.274 e. The van der Waals surface area contributed by atoms with Crippen molar-refractivity contribution in [1.29, 1.82) is 0 Å². The number of amides is 1. The molecule has 4 aromatic rings. The second kappa shape index (κ2) is 7.25. The first-order chi connectivity index (χ1) is 14.6. The molecule has 1 N–H and O–H groups in total. The topological polar surface area (TPSA) is 102 Å². The molecule has 152 valence electrons. The third-order valence-corrected chi connectivity index (χ3v) is 5.23. The van der Waals surface area contributed by atoms with E-state index in [0.29, 0.717) is 24.6 Å². The van der Waals surface area contributed by atoms with Gasteiger partial charge in [-0.15, -0.1) is 0 Å². The van der Waals surface area contributed by atoms with Gasteiger partial charge in [0, 0.05) is 25.4 Å². The van der Waals surface area contributed by atoms with Crippen LogP contribution < -0.4 is 4.74 Å². The van der Waals surface area contributed by atoms with Crippen LogP contribution >= 0.6 is 0 Å². The van der Waals surface area contributed by atoms with Gasteiger partial charge in [-0.25, -0.2) is 9.97 Å². The van der Waals surface area contributed by atoms with Gasteiger partial charge in [-0.05, 0) is 31.5 Å². The van der Waals surface area contributed by atoms with Crippen molar-refractivity contribution in [2.24, 2.45) is 0 Å². The highest BCUT2D eigenvalue weighted by Gasteiger charge is 2.23.